The minimum atomic E-state index is -2.95. The molecule has 1 heterocycles. The molecule has 0 saturated carbocycles. The van der Waals surface area contributed by atoms with Crippen molar-refractivity contribution in [2.45, 2.75) is 13.2 Å². The summed E-state index contributed by atoms with van der Waals surface area (Å²) in [6, 6.07) is 4.38. The summed E-state index contributed by atoms with van der Waals surface area (Å²) < 4.78 is 35.2. The monoisotopic (exact) mass is 575 g/mol. The van der Waals surface area contributed by atoms with E-state index < -0.39 is 6.61 Å². The molecule has 1 amide bonds. The molecule has 12 heteroatoms. The summed E-state index contributed by atoms with van der Waals surface area (Å²) in [5.41, 5.74) is 0.413. The second-order valence-corrected chi connectivity index (χ2v) is 7.25. The quantitative estimate of drug-likeness (QED) is 0.267. The molecule has 0 spiro atoms. The number of amides is 1. The van der Waals surface area contributed by atoms with Crippen LogP contribution in [-0.4, -0.2) is 88.3 Å². The first-order valence-corrected chi connectivity index (χ1v) is 9.98. The van der Waals surface area contributed by atoms with E-state index in [9.17, 15) is 13.6 Å². The van der Waals surface area contributed by atoms with Gasteiger partial charge in [0.2, 0.25) is 5.91 Å². The molecule has 176 valence electrons. The molecule has 1 aliphatic heterocycles. The molecule has 1 aromatic carbocycles. The number of morpholine rings is 1. The highest BCUT2D eigenvalue weighted by Gasteiger charge is 2.13. The summed E-state index contributed by atoms with van der Waals surface area (Å²) >= 11 is 5.99. The van der Waals surface area contributed by atoms with Gasteiger partial charge in [-0.15, -0.1) is 24.0 Å². The van der Waals surface area contributed by atoms with Crippen LogP contribution in [-0.2, 0) is 16.1 Å². The highest BCUT2D eigenvalue weighted by atomic mass is 127. The van der Waals surface area contributed by atoms with Crippen LogP contribution >= 0.6 is 35.6 Å². The summed E-state index contributed by atoms with van der Waals surface area (Å²) in [6.07, 6.45) is 0. The molecule has 31 heavy (non-hydrogen) atoms. The fourth-order valence-corrected chi connectivity index (χ4v) is 2.89. The molecular weight excluding hydrogens is 547 g/mol. The third kappa shape index (κ3) is 10.6. The van der Waals surface area contributed by atoms with Gasteiger partial charge in [0.25, 0.3) is 0 Å². The van der Waals surface area contributed by atoms with Crippen LogP contribution in [0.25, 0.3) is 0 Å². The van der Waals surface area contributed by atoms with E-state index >= 15 is 0 Å². The van der Waals surface area contributed by atoms with Gasteiger partial charge in [-0.05, 0) is 18.2 Å². The number of halogens is 4. The number of guanidine groups is 1. The van der Waals surface area contributed by atoms with Crippen LogP contribution in [0.4, 0.5) is 8.78 Å². The topological polar surface area (TPSA) is 78.4 Å². The normalized spacial score (nSPS) is 14.7. The molecular formula is C19H29ClF2IN5O3. The van der Waals surface area contributed by atoms with Gasteiger partial charge in [0.1, 0.15) is 5.75 Å². The lowest BCUT2D eigenvalue weighted by molar-refractivity contribution is -0.127. The van der Waals surface area contributed by atoms with Gasteiger partial charge < -0.3 is 25.0 Å². The van der Waals surface area contributed by atoms with Gasteiger partial charge in [-0.2, -0.15) is 8.78 Å². The minimum Gasteiger partial charge on any atom is -0.434 e. The number of hydrogen-bond acceptors (Lipinski definition) is 5. The minimum absolute atomic E-state index is 0. The van der Waals surface area contributed by atoms with Crippen molar-refractivity contribution in [1.82, 2.24) is 20.4 Å². The van der Waals surface area contributed by atoms with Crippen LogP contribution < -0.4 is 15.4 Å². The van der Waals surface area contributed by atoms with Crippen molar-refractivity contribution in [3.05, 3.63) is 28.8 Å². The zero-order chi connectivity index (χ0) is 21.9. The van der Waals surface area contributed by atoms with Crippen LogP contribution in [0, 0.1) is 0 Å². The first kappa shape index (κ1) is 27.6. The van der Waals surface area contributed by atoms with Crippen molar-refractivity contribution in [2.75, 3.05) is 60.0 Å². The molecule has 8 nitrogen and oxygen atoms in total. The molecule has 2 rings (SSSR count). The van der Waals surface area contributed by atoms with Crippen molar-refractivity contribution in [1.29, 1.82) is 0 Å². The van der Waals surface area contributed by atoms with E-state index in [0.29, 0.717) is 36.3 Å². The first-order valence-electron chi connectivity index (χ1n) is 9.61. The van der Waals surface area contributed by atoms with Gasteiger partial charge in [-0.25, -0.2) is 4.99 Å². The molecule has 0 unspecified atom stereocenters. The fraction of sp³-hybridized carbons (Fsp3) is 0.579. The predicted molar refractivity (Wildman–Crippen MR) is 127 cm³/mol. The van der Waals surface area contributed by atoms with E-state index in [-0.39, 0.29) is 48.7 Å². The van der Waals surface area contributed by atoms with E-state index in [0.717, 1.165) is 19.6 Å². The van der Waals surface area contributed by atoms with Crippen LogP contribution in [0.15, 0.2) is 23.2 Å². The maximum Gasteiger partial charge on any atom is 0.387 e. The van der Waals surface area contributed by atoms with Gasteiger partial charge in [0.05, 0.1) is 26.3 Å². The van der Waals surface area contributed by atoms with Gasteiger partial charge in [-0.1, -0.05) is 11.6 Å². The third-order valence-electron chi connectivity index (χ3n) is 4.38. The first-order chi connectivity index (χ1) is 14.3. The molecule has 0 aromatic heterocycles. The van der Waals surface area contributed by atoms with Crippen LogP contribution in [0.5, 0.6) is 5.75 Å². The Morgan fingerprint density at radius 1 is 1.32 bits per heavy atom. The zero-order valence-corrected chi connectivity index (χ0v) is 20.7. The van der Waals surface area contributed by atoms with E-state index in [4.69, 9.17) is 16.3 Å². The van der Waals surface area contributed by atoms with Crippen molar-refractivity contribution in [2.24, 2.45) is 4.99 Å². The molecule has 1 saturated heterocycles. The molecule has 0 aliphatic carbocycles. The summed E-state index contributed by atoms with van der Waals surface area (Å²) in [6.45, 7) is 1.65. The Labute approximate surface area is 203 Å². The maximum absolute atomic E-state index is 12.7. The zero-order valence-electron chi connectivity index (χ0n) is 17.6. The standard InChI is InChI=1S/C19H28ClF2N5O3.HI/c1-26(2)17(28)13-25-19(23-5-6-27-7-9-29-10-8-27)24-12-14-11-15(20)3-4-16(14)30-18(21)22;/h3-4,11,18H,5-10,12-13H2,1-2H3,(H2,23,24,25);1H. The second-order valence-electron chi connectivity index (χ2n) is 6.82. The van der Waals surface area contributed by atoms with Crippen molar-refractivity contribution < 1.29 is 23.0 Å². The number of aliphatic imine (C=N–C) groups is 1. The number of carbonyl (C=O) groups is 1. The number of ether oxygens (including phenoxy) is 2. The largest absolute Gasteiger partial charge is 0.434 e. The Bertz CT molecular complexity index is 722. The summed E-state index contributed by atoms with van der Waals surface area (Å²) in [5.74, 6) is 0.277. The molecule has 0 atom stereocenters. The molecule has 1 aliphatic rings. The molecule has 1 fully saturated rings. The van der Waals surface area contributed by atoms with E-state index in [2.05, 4.69) is 25.3 Å². The molecule has 2 N–H and O–H groups in total. The lowest BCUT2D eigenvalue weighted by Crippen LogP contribution is -2.46. The smallest absolute Gasteiger partial charge is 0.387 e. The van der Waals surface area contributed by atoms with Crippen LogP contribution in [0.2, 0.25) is 5.02 Å². The van der Waals surface area contributed by atoms with Crippen LogP contribution in [0.1, 0.15) is 5.56 Å². The molecule has 0 radical (unpaired) electrons. The van der Waals surface area contributed by atoms with Gasteiger partial charge >= 0.3 is 6.61 Å². The SMILES string of the molecule is CN(C)C(=O)CNC(=NCc1cc(Cl)ccc1OC(F)F)NCCN1CCOCC1.I. The second kappa shape index (κ2) is 14.6. The number of hydrogen-bond donors (Lipinski definition) is 2. The van der Waals surface area contributed by atoms with Gasteiger partial charge in [-0.3, -0.25) is 9.69 Å². The number of alkyl halides is 2. The van der Waals surface area contributed by atoms with Crippen LogP contribution in [0.3, 0.4) is 0 Å². The lowest BCUT2D eigenvalue weighted by atomic mass is 10.2. The average Bonchev–Trinajstić information content (AvgIpc) is 2.71. The fourth-order valence-electron chi connectivity index (χ4n) is 2.70. The maximum atomic E-state index is 12.7. The van der Waals surface area contributed by atoms with Crippen molar-refractivity contribution in [3.63, 3.8) is 0 Å². The third-order valence-corrected chi connectivity index (χ3v) is 4.61. The Hall–Kier alpha value is -1.44. The Morgan fingerprint density at radius 3 is 2.68 bits per heavy atom. The van der Waals surface area contributed by atoms with E-state index in [1.165, 1.54) is 23.1 Å². The highest BCUT2D eigenvalue weighted by Crippen LogP contribution is 2.25. The Kier molecular flexibility index (Phi) is 13.0. The number of benzene rings is 1. The number of nitrogens with one attached hydrogen (secondary N) is 2. The van der Waals surface area contributed by atoms with E-state index in [1.54, 1.807) is 14.1 Å². The highest BCUT2D eigenvalue weighted by molar-refractivity contribution is 14.0. The molecule has 0 bridgehead atoms. The molecule has 1 aromatic rings. The Balaban J connectivity index is 0.00000480. The van der Waals surface area contributed by atoms with Gasteiger partial charge in [0, 0.05) is 50.9 Å². The number of likely N-dealkylation sites (N-methyl/N-ethyl adjacent to an activating group) is 1. The number of nitrogens with zero attached hydrogens (tertiary/aromatic N) is 3. The van der Waals surface area contributed by atoms with E-state index in [1.807, 2.05) is 0 Å². The summed E-state index contributed by atoms with van der Waals surface area (Å²) in [5, 5.41) is 6.52. The number of rotatable bonds is 9. The Morgan fingerprint density at radius 2 is 2.03 bits per heavy atom. The number of carbonyl (C=O) groups excluding carboxylic acids is 1. The summed E-state index contributed by atoms with van der Waals surface area (Å²) in [4.78, 5) is 20.0. The van der Waals surface area contributed by atoms with Crippen molar-refractivity contribution in [3.8, 4) is 5.75 Å². The predicted octanol–water partition coefficient (Wildman–Crippen LogP) is 2.02. The van der Waals surface area contributed by atoms with Gasteiger partial charge in [0.15, 0.2) is 5.96 Å². The average molecular weight is 576 g/mol. The summed E-state index contributed by atoms with van der Waals surface area (Å²) in [7, 11) is 3.32. The lowest BCUT2D eigenvalue weighted by Gasteiger charge is -2.26. The van der Waals surface area contributed by atoms with Crippen molar-refractivity contribution >= 4 is 47.4 Å².